The number of ether oxygens (including phenoxy) is 2. The maximum Gasteiger partial charge on any atom is 0.305 e. The van der Waals surface area contributed by atoms with Gasteiger partial charge in [0, 0.05) is 29.8 Å². The van der Waals surface area contributed by atoms with Crippen molar-refractivity contribution in [1.29, 1.82) is 0 Å². The van der Waals surface area contributed by atoms with Gasteiger partial charge in [0.15, 0.2) is 5.78 Å². The summed E-state index contributed by atoms with van der Waals surface area (Å²) in [6, 6.07) is -0.569. The molecule has 2 atom stereocenters. The zero-order valence-electron chi connectivity index (χ0n) is 14.7. The summed E-state index contributed by atoms with van der Waals surface area (Å²) in [7, 11) is 0. The van der Waals surface area contributed by atoms with Gasteiger partial charge in [0.05, 0.1) is 6.04 Å². The summed E-state index contributed by atoms with van der Waals surface area (Å²) in [5, 5.41) is 0. The van der Waals surface area contributed by atoms with Crippen LogP contribution in [0.1, 0.15) is 47.5 Å². The average molecular weight is 347 g/mol. The van der Waals surface area contributed by atoms with Crippen LogP contribution in [-0.2, 0) is 23.9 Å². The molecule has 1 unspecified atom stereocenters. The van der Waals surface area contributed by atoms with Crippen molar-refractivity contribution in [2.75, 3.05) is 18.1 Å². The van der Waals surface area contributed by atoms with Gasteiger partial charge in [0.2, 0.25) is 0 Å². The summed E-state index contributed by atoms with van der Waals surface area (Å²) in [4.78, 5) is 34.7. The molecule has 6 nitrogen and oxygen atoms in total. The third-order valence-corrected chi connectivity index (χ3v) is 4.19. The third-order valence-electron chi connectivity index (χ3n) is 2.98. The van der Waals surface area contributed by atoms with Gasteiger partial charge in [-0.3, -0.25) is 14.4 Å². The summed E-state index contributed by atoms with van der Waals surface area (Å²) in [6.07, 6.45) is -0.00262. The van der Waals surface area contributed by atoms with Crippen LogP contribution in [0.25, 0.3) is 0 Å². The van der Waals surface area contributed by atoms with Crippen LogP contribution in [0, 0.1) is 5.41 Å². The fourth-order valence-electron chi connectivity index (χ4n) is 1.63. The molecule has 0 heterocycles. The van der Waals surface area contributed by atoms with Crippen LogP contribution in [0.15, 0.2) is 0 Å². The van der Waals surface area contributed by atoms with E-state index >= 15 is 0 Å². The molecule has 0 rings (SSSR count). The summed E-state index contributed by atoms with van der Waals surface area (Å²) in [5.41, 5.74) is 5.42. The minimum absolute atomic E-state index is 0.00971. The van der Waals surface area contributed by atoms with Crippen LogP contribution in [0.2, 0.25) is 0 Å². The van der Waals surface area contributed by atoms with Crippen LogP contribution in [0.4, 0.5) is 0 Å². The topological polar surface area (TPSA) is 95.7 Å². The Labute approximate surface area is 142 Å². The van der Waals surface area contributed by atoms with E-state index in [0.29, 0.717) is 11.5 Å². The predicted octanol–water partition coefficient (Wildman–Crippen LogP) is 1.94. The molecular formula is C16H29NO5S. The Kier molecular flexibility index (Phi) is 10.1. The maximum atomic E-state index is 12.0. The van der Waals surface area contributed by atoms with Crippen molar-refractivity contribution in [3.63, 3.8) is 0 Å². The number of hydrogen-bond donors (Lipinski definition) is 1. The number of nitrogens with two attached hydrogens (primary N) is 1. The smallest absolute Gasteiger partial charge is 0.305 e. The number of esters is 2. The molecule has 0 amide bonds. The van der Waals surface area contributed by atoms with Crippen LogP contribution in [0.5, 0.6) is 0 Å². The summed E-state index contributed by atoms with van der Waals surface area (Å²) >= 11 is 1.41. The second-order valence-corrected chi connectivity index (χ2v) is 7.34. The van der Waals surface area contributed by atoms with Crippen molar-refractivity contribution in [2.24, 2.45) is 11.1 Å². The Hall–Kier alpha value is -1.08. The van der Waals surface area contributed by atoms with Crippen molar-refractivity contribution >= 4 is 29.5 Å². The van der Waals surface area contributed by atoms with Crippen LogP contribution >= 0.6 is 11.8 Å². The first-order valence-corrected chi connectivity index (χ1v) is 9.00. The molecule has 0 spiro atoms. The summed E-state index contributed by atoms with van der Waals surface area (Å²) < 4.78 is 10.3. The highest BCUT2D eigenvalue weighted by Gasteiger charge is 2.27. The first-order chi connectivity index (χ1) is 10.6. The molecule has 2 N–H and O–H groups in total. The molecule has 0 aliphatic heterocycles. The van der Waals surface area contributed by atoms with Gasteiger partial charge in [-0.15, -0.1) is 0 Å². The Morgan fingerprint density at radius 3 is 2.09 bits per heavy atom. The van der Waals surface area contributed by atoms with Gasteiger partial charge in [-0.25, -0.2) is 0 Å². The lowest BCUT2D eigenvalue weighted by molar-refractivity contribution is -0.157. The van der Waals surface area contributed by atoms with E-state index in [9.17, 15) is 14.4 Å². The maximum absolute atomic E-state index is 12.0. The monoisotopic (exact) mass is 347 g/mol. The second kappa shape index (κ2) is 10.6. The number of carbonyl (C=O) groups excluding carboxylic acids is 3. The molecule has 0 aromatic carbocycles. The van der Waals surface area contributed by atoms with Crippen molar-refractivity contribution < 1.29 is 23.9 Å². The van der Waals surface area contributed by atoms with E-state index in [-0.39, 0.29) is 37.2 Å². The number of Topliss-reactive ketones (excluding diaryl/α,β-unsaturated/α-hetero) is 1. The van der Waals surface area contributed by atoms with Crippen molar-refractivity contribution in [3.05, 3.63) is 0 Å². The fourth-order valence-corrected chi connectivity index (χ4v) is 2.60. The highest BCUT2D eigenvalue weighted by molar-refractivity contribution is 7.99. The molecule has 0 aliphatic carbocycles. The lowest BCUT2D eigenvalue weighted by atomic mass is 9.87. The van der Waals surface area contributed by atoms with Crippen molar-refractivity contribution in [1.82, 2.24) is 0 Å². The number of hydrogen-bond acceptors (Lipinski definition) is 7. The third kappa shape index (κ3) is 9.61. The van der Waals surface area contributed by atoms with E-state index in [4.69, 9.17) is 15.2 Å². The van der Waals surface area contributed by atoms with Gasteiger partial charge in [-0.2, -0.15) is 11.8 Å². The molecule has 0 saturated carbocycles. The molecule has 0 aromatic heterocycles. The lowest BCUT2D eigenvalue weighted by Gasteiger charge is -2.22. The zero-order chi connectivity index (χ0) is 18.0. The fraction of sp³-hybridized carbons (Fsp3) is 0.812. The molecule has 7 heteroatoms. The molecule has 0 aromatic rings. The normalized spacial score (nSPS) is 14.0. The van der Waals surface area contributed by atoms with Gasteiger partial charge >= 0.3 is 11.9 Å². The standard InChI is InChI=1S/C16H29NO5S/c1-6-13(18)21-8-11(22-14(19)7-2)9-23-10-12(17)15(20)16(3,4)5/h11-12H,6-10,17H2,1-5H3/t11-,12?/m1/s1. The number of thioether (sulfide) groups is 1. The molecule has 0 saturated heterocycles. The van der Waals surface area contributed by atoms with E-state index in [0.717, 1.165) is 0 Å². The minimum atomic E-state index is -0.569. The Morgan fingerprint density at radius 1 is 1.04 bits per heavy atom. The number of ketones is 1. The summed E-state index contributed by atoms with van der Waals surface area (Å²) in [5.74, 6) is 0.154. The van der Waals surface area contributed by atoms with E-state index in [1.54, 1.807) is 13.8 Å². The summed E-state index contributed by atoms with van der Waals surface area (Å²) in [6.45, 7) is 8.90. The van der Waals surface area contributed by atoms with Crippen LogP contribution < -0.4 is 5.73 Å². The van der Waals surface area contributed by atoms with Crippen molar-refractivity contribution in [3.8, 4) is 0 Å². The van der Waals surface area contributed by atoms with Crippen molar-refractivity contribution in [2.45, 2.75) is 59.6 Å². The first kappa shape index (κ1) is 21.9. The van der Waals surface area contributed by atoms with Gasteiger partial charge in [0.25, 0.3) is 0 Å². The van der Waals surface area contributed by atoms with E-state index in [2.05, 4.69) is 0 Å². The molecule has 0 aliphatic rings. The molecule has 0 fully saturated rings. The molecule has 0 radical (unpaired) electrons. The van der Waals surface area contributed by atoms with E-state index in [1.807, 2.05) is 20.8 Å². The highest BCUT2D eigenvalue weighted by Crippen LogP contribution is 2.18. The molecular weight excluding hydrogens is 318 g/mol. The number of rotatable bonds is 10. The molecule has 23 heavy (non-hydrogen) atoms. The predicted molar refractivity (Wildman–Crippen MR) is 91.2 cm³/mol. The average Bonchev–Trinajstić information content (AvgIpc) is 2.49. The van der Waals surface area contributed by atoms with Gasteiger partial charge < -0.3 is 15.2 Å². The second-order valence-electron chi connectivity index (χ2n) is 6.26. The van der Waals surface area contributed by atoms with E-state index in [1.165, 1.54) is 11.8 Å². The first-order valence-electron chi connectivity index (χ1n) is 7.84. The van der Waals surface area contributed by atoms with Crippen LogP contribution in [-0.4, -0.2) is 48.0 Å². The zero-order valence-corrected chi connectivity index (χ0v) is 15.5. The highest BCUT2D eigenvalue weighted by atomic mass is 32.2. The molecule has 134 valence electrons. The Morgan fingerprint density at radius 2 is 1.61 bits per heavy atom. The number of carbonyl (C=O) groups is 3. The SMILES string of the molecule is CCC(=O)OC[C@H](CSCC(N)C(=O)C(C)(C)C)OC(=O)CC. The Balaban J connectivity index is 4.39. The molecule has 0 bridgehead atoms. The minimum Gasteiger partial charge on any atom is -0.462 e. The van der Waals surface area contributed by atoms with Gasteiger partial charge in [0.1, 0.15) is 12.7 Å². The Bertz CT molecular complexity index is 406. The van der Waals surface area contributed by atoms with Gasteiger partial charge in [-0.05, 0) is 0 Å². The quantitative estimate of drug-likeness (QED) is 0.603. The van der Waals surface area contributed by atoms with Gasteiger partial charge in [-0.1, -0.05) is 34.6 Å². The largest absolute Gasteiger partial charge is 0.462 e. The van der Waals surface area contributed by atoms with Crippen LogP contribution in [0.3, 0.4) is 0 Å². The van der Waals surface area contributed by atoms with E-state index < -0.39 is 17.6 Å². The lowest BCUT2D eigenvalue weighted by Crippen LogP contribution is -2.41.